The quantitative estimate of drug-likeness (QED) is 0.549. The first-order valence-electron chi connectivity index (χ1n) is 4.46. The SMILES string of the molecule is O=C([CH2][Zn])N1C(=O)c2ccccc2C1=O. The number of benzene rings is 1. The van der Waals surface area contributed by atoms with Crippen molar-refractivity contribution >= 4 is 17.7 Å². The fourth-order valence-corrected chi connectivity index (χ4v) is 2.00. The Balaban J connectivity index is 2.50. The standard InChI is InChI=1S/C10H6NO3.Zn/c1-6(12)11-9(13)7-4-2-3-5-8(7)10(11)14;/h2-5H,1H2;. The minimum absolute atomic E-state index is 0.269. The van der Waals surface area contributed by atoms with Crippen LogP contribution in [0, 0.1) is 0 Å². The van der Waals surface area contributed by atoms with E-state index in [1.807, 2.05) is 0 Å². The minimum atomic E-state index is -0.492. The molecule has 0 fully saturated rings. The van der Waals surface area contributed by atoms with Crippen molar-refractivity contribution < 1.29 is 32.7 Å². The molecule has 1 aliphatic heterocycles. The van der Waals surface area contributed by atoms with Gasteiger partial charge in [0.05, 0.1) is 0 Å². The van der Waals surface area contributed by atoms with E-state index in [4.69, 9.17) is 0 Å². The number of hydrogen-bond donors (Lipinski definition) is 0. The second-order valence-corrected chi connectivity index (χ2v) is 4.18. The molecule has 71 valence electrons. The number of fused-ring (bicyclic) bond motifs is 1. The van der Waals surface area contributed by atoms with Crippen LogP contribution in [0.2, 0.25) is 5.02 Å². The average molecular weight is 254 g/mol. The molecule has 0 radical (unpaired) electrons. The van der Waals surface area contributed by atoms with Crippen molar-refractivity contribution in [2.45, 2.75) is 5.02 Å². The Labute approximate surface area is 95.9 Å². The fraction of sp³-hybridized carbons (Fsp3) is 0.100. The van der Waals surface area contributed by atoms with Gasteiger partial charge >= 0.3 is 95.7 Å². The van der Waals surface area contributed by atoms with Gasteiger partial charge < -0.3 is 0 Å². The topological polar surface area (TPSA) is 54.5 Å². The van der Waals surface area contributed by atoms with E-state index in [9.17, 15) is 14.4 Å². The van der Waals surface area contributed by atoms with Crippen LogP contribution in [0.15, 0.2) is 24.3 Å². The van der Waals surface area contributed by atoms with E-state index in [-0.39, 0.29) is 5.02 Å². The van der Waals surface area contributed by atoms with Gasteiger partial charge in [-0.05, 0) is 0 Å². The molecule has 1 aliphatic rings. The van der Waals surface area contributed by atoms with Crippen molar-refractivity contribution in [1.29, 1.82) is 0 Å². The number of amides is 3. The molecule has 15 heavy (non-hydrogen) atoms. The molecule has 0 bridgehead atoms. The van der Waals surface area contributed by atoms with Crippen LogP contribution in [0.25, 0.3) is 0 Å². The molecule has 0 aromatic heterocycles. The monoisotopic (exact) mass is 252 g/mol. The zero-order chi connectivity index (χ0) is 11.0. The Hall–Kier alpha value is -1.35. The summed E-state index contributed by atoms with van der Waals surface area (Å²) in [4.78, 5) is 35.6. The second kappa shape index (κ2) is 3.66. The Bertz CT molecular complexity index is 434. The van der Waals surface area contributed by atoms with Gasteiger partial charge in [-0.15, -0.1) is 0 Å². The Morgan fingerprint density at radius 3 is 2.00 bits per heavy atom. The molecule has 2 rings (SSSR count). The molecule has 1 heterocycles. The van der Waals surface area contributed by atoms with Crippen LogP contribution in [0.3, 0.4) is 0 Å². The third-order valence-corrected chi connectivity index (χ3v) is 3.15. The molecule has 0 saturated carbocycles. The Morgan fingerprint density at radius 1 is 1.13 bits per heavy atom. The van der Waals surface area contributed by atoms with Crippen LogP contribution in [0.1, 0.15) is 20.7 Å². The Morgan fingerprint density at radius 2 is 1.60 bits per heavy atom. The van der Waals surface area contributed by atoms with Crippen LogP contribution in [-0.4, -0.2) is 22.6 Å². The first-order valence-corrected chi connectivity index (χ1v) is 6.56. The maximum absolute atomic E-state index is 11.7. The summed E-state index contributed by atoms with van der Waals surface area (Å²) in [6, 6.07) is 6.49. The van der Waals surface area contributed by atoms with Crippen molar-refractivity contribution in [1.82, 2.24) is 4.90 Å². The van der Waals surface area contributed by atoms with E-state index >= 15 is 0 Å². The molecule has 0 aliphatic carbocycles. The summed E-state index contributed by atoms with van der Waals surface area (Å²) in [5, 5.41) is 0.269. The molecule has 0 N–H and O–H groups in total. The Kier molecular flexibility index (Phi) is 2.49. The number of carbonyl (C=O) groups excluding carboxylic acids is 3. The van der Waals surface area contributed by atoms with Gasteiger partial charge in [-0.2, -0.15) is 0 Å². The van der Waals surface area contributed by atoms with E-state index in [0.717, 1.165) is 23.2 Å². The molecule has 1 aromatic rings. The molecular formula is C10H6NO3Zn. The summed E-state index contributed by atoms with van der Waals surface area (Å²) in [6.45, 7) is 0. The van der Waals surface area contributed by atoms with E-state index in [1.54, 1.807) is 24.3 Å². The fourth-order valence-electron chi connectivity index (χ4n) is 1.53. The summed E-state index contributed by atoms with van der Waals surface area (Å²) in [6.07, 6.45) is 0. The van der Waals surface area contributed by atoms with Gasteiger partial charge in [-0.3, -0.25) is 0 Å². The van der Waals surface area contributed by atoms with Crippen molar-refractivity contribution in [3.63, 3.8) is 0 Å². The molecule has 0 saturated heterocycles. The van der Waals surface area contributed by atoms with Crippen LogP contribution < -0.4 is 0 Å². The number of imide groups is 3. The summed E-state index contributed by atoms with van der Waals surface area (Å²) in [5.74, 6) is -1.38. The third kappa shape index (κ3) is 1.43. The van der Waals surface area contributed by atoms with E-state index in [0.29, 0.717) is 11.1 Å². The summed E-state index contributed by atoms with van der Waals surface area (Å²) >= 11 is 0.742. The molecular weight excluding hydrogens is 248 g/mol. The number of nitrogens with zero attached hydrogens (tertiary/aromatic N) is 1. The van der Waals surface area contributed by atoms with Crippen molar-refractivity contribution in [2.75, 3.05) is 0 Å². The molecule has 0 unspecified atom stereocenters. The van der Waals surface area contributed by atoms with Crippen LogP contribution in [0.4, 0.5) is 0 Å². The van der Waals surface area contributed by atoms with Crippen LogP contribution in [-0.2, 0) is 23.1 Å². The van der Waals surface area contributed by atoms with Crippen LogP contribution >= 0.6 is 0 Å². The number of carbonyl (C=O) groups is 3. The third-order valence-electron chi connectivity index (χ3n) is 2.26. The molecule has 1 aromatic carbocycles. The van der Waals surface area contributed by atoms with Crippen molar-refractivity contribution in [3.8, 4) is 0 Å². The van der Waals surface area contributed by atoms with Crippen molar-refractivity contribution in [3.05, 3.63) is 35.4 Å². The summed E-state index contributed by atoms with van der Waals surface area (Å²) in [7, 11) is 0. The number of hydrogen-bond acceptors (Lipinski definition) is 3. The van der Waals surface area contributed by atoms with Gasteiger partial charge in [-0.1, -0.05) is 0 Å². The predicted octanol–water partition coefficient (Wildman–Crippen LogP) is 0.774. The zero-order valence-corrected chi connectivity index (χ0v) is 10.9. The van der Waals surface area contributed by atoms with E-state index < -0.39 is 17.7 Å². The van der Waals surface area contributed by atoms with Gasteiger partial charge in [0.1, 0.15) is 0 Å². The molecule has 5 heteroatoms. The molecule has 3 amide bonds. The van der Waals surface area contributed by atoms with Gasteiger partial charge in [0.2, 0.25) is 0 Å². The normalized spacial score (nSPS) is 14.4. The zero-order valence-electron chi connectivity index (χ0n) is 7.90. The maximum atomic E-state index is 11.7. The van der Waals surface area contributed by atoms with Gasteiger partial charge in [-0.25, -0.2) is 0 Å². The second-order valence-electron chi connectivity index (χ2n) is 3.14. The average Bonchev–Trinajstić information content (AvgIpc) is 2.52. The van der Waals surface area contributed by atoms with Gasteiger partial charge in [0, 0.05) is 0 Å². The summed E-state index contributed by atoms with van der Waals surface area (Å²) < 4.78 is 0. The van der Waals surface area contributed by atoms with Crippen LogP contribution in [0.5, 0.6) is 0 Å². The molecule has 0 atom stereocenters. The first-order chi connectivity index (χ1) is 7.16. The van der Waals surface area contributed by atoms with Gasteiger partial charge in [0.25, 0.3) is 0 Å². The van der Waals surface area contributed by atoms with E-state index in [2.05, 4.69) is 0 Å². The van der Waals surface area contributed by atoms with Gasteiger partial charge in [0.15, 0.2) is 0 Å². The number of rotatable bonds is 1. The van der Waals surface area contributed by atoms with E-state index in [1.165, 1.54) is 0 Å². The molecule has 4 nitrogen and oxygen atoms in total. The van der Waals surface area contributed by atoms with Crippen molar-refractivity contribution in [2.24, 2.45) is 0 Å². The summed E-state index contributed by atoms with van der Waals surface area (Å²) in [5.41, 5.74) is 0.647. The first kappa shape index (κ1) is 10.2. The predicted molar refractivity (Wildman–Crippen MR) is 46.8 cm³/mol. The molecule has 0 spiro atoms.